The molecule has 0 atom stereocenters. The quantitative estimate of drug-likeness (QED) is 0.140. The summed E-state index contributed by atoms with van der Waals surface area (Å²) < 4.78 is 41.9. The highest BCUT2D eigenvalue weighted by Crippen LogP contribution is 2.45. The Morgan fingerprint density at radius 1 is 0.881 bits per heavy atom. The Kier molecular flexibility index (Phi) is 6.20. The first-order chi connectivity index (χ1) is 19.6. The molecule has 2 aromatic rings. The summed E-state index contributed by atoms with van der Waals surface area (Å²) >= 11 is 0. The van der Waals surface area contributed by atoms with Gasteiger partial charge >= 0.3 is 5.56 Å². The van der Waals surface area contributed by atoms with Crippen LogP contribution < -0.4 is 19.9 Å². The zero-order chi connectivity index (χ0) is 30.5. The average Bonchev–Trinajstić information content (AvgIpc) is 2.88. The third-order valence-corrected chi connectivity index (χ3v) is 9.63. The van der Waals surface area contributed by atoms with E-state index >= 15 is 0 Å². The minimum atomic E-state index is -4.26. The van der Waals surface area contributed by atoms with E-state index in [0.717, 1.165) is 34.4 Å². The summed E-state index contributed by atoms with van der Waals surface area (Å²) in [5.74, 6) is 0.0311. The van der Waals surface area contributed by atoms with E-state index in [4.69, 9.17) is 4.42 Å². The number of pyridine rings is 1. The number of likely N-dealkylation sites (N-methyl/N-ethyl adjacent to an activating group) is 2. The Bertz CT molecular complexity index is 2020. The predicted octanol–water partition coefficient (Wildman–Crippen LogP) is 5.79. The Labute approximate surface area is 246 Å². The molecule has 1 N–H and O–H groups in total. The molecule has 0 unspecified atom stereocenters. The first kappa shape index (κ1) is 28.4. The lowest BCUT2D eigenvalue weighted by atomic mass is 9.87. The number of rotatable bonds is 4. The van der Waals surface area contributed by atoms with E-state index < -0.39 is 21.4 Å². The van der Waals surface area contributed by atoms with Crippen LogP contribution in [0.25, 0.3) is 44.3 Å². The maximum Gasteiger partial charge on any atom is 0.423 e. The number of aromatic nitrogens is 1. The second-order valence-electron chi connectivity index (χ2n) is 12.7. The largest absolute Gasteiger partial charge is 0.455 e. The van der Waals surface area contributed by atoms with Gasteiger partial charge in [-0.1, -0.05) is 12.2 Å². The van der Waals surface area contributed by atoms with Crippen molar-refractivity contribution < 1.29 is 22.0 Å². The van der Waals surface area contributed by atoms with Crippen molar-refractivity contribution in [2.24, 2.45) is 7.05 Å². The molecule has 6 rings (SSSR count). The molecule has 0 saturated heterocycles. The number of nitrogens with zero attached hydrogens (tertiary/aromatic N) is 3. The number of hydrogen-bond acceptors (Lipinski definition) is 6. The normalized spacial score (nSPS) is 17.8. The molecular weight excluding hydrogens is 550 g/mol. The van der Waals surface area contributed by atoms with Crippen molar-refractivity contribution >= 4 is 54.5 Å². The molecule has 0 saturated carbocycles. The third kappa shape index (κ3) is 4.24. The molecule has 0 aliphatic carbocycles. The molecule has 2 aromatic carbocycles. The van der Waals surface area contributed by atoms with Gasteiger partial charge in [0.05, 0.1) is 22.2 Å². The SMILES string of the molecule is CCN1c2cc3c(cc2C(C)=CC1(C)C)c1oc2cc4c(cc2cc-1c(=O)[n+]3C)C(CS(=O)(=O)O)=CC(C)(C)N4CC. The first-order valence-corrected chi connectivity index (χ1v) is 16.0. The Hall–Kier alpha value is -3.69. The van der Waals surface area contributed by atoms with Gasteiger partial charge in [-0.15, -0.1) is 0 Å². The van der Waals surface area contributed by atoms with Gasteiger partial charge in [-0.3, -0.25) is 4.55 Å². The number of benzene rings is 2. The van der Waals surface area contributed by atoms with Gasteiger partial charge in [-0.05, 0) is 77.8 Å². The van der Waals surface area contributed by atoms with Crippen LogP contribution in [0.3, 0.4) is 0 Å². The summed E-state index contributed by atoms with van der Waals surface area (Å²) in [7, 11) is -2.48. The Morgan fingerprint density at radius 2 is 1.48 bits per heavy atom. The van der Waals surface area contributed by atoms with E-state index in [1.165, 1.54) is 5.57 Å². The van der Waals surface area contributed by atoms with Gasteiger partial charge in [-0.25, -0.2) is 4.79 Å². The third-order valence-electron chi connectivity index (χ3n) is 8.95. The molecule has 220 valence electrons. The van der Waals surface area contributed by atoms with Gasteiger partial charge in [0.25, 0.3) is 10.1 Å². The molecule has 42 heavy (non-hydrogen) atoms. The van der Waals surface area contributed by atoms with E-state index in [9.17, 15) is 17.8 Å². The summed E-state index contributed by atoms with van der Waals surface area (Å²) in [5.41, 5.74) is 6.46. The van der Waals surface area contributed by atoms with Crippen molar-refractivity contribution in [3.05, 3.63) is 64.0 Å². The van der Waals surface area contributed by atoms with E-state index in [1.54, 1.807) is 11.6 Å². The number of hydrogen-bond donors (Lipinski definition) is 1. The lowest BCUT2D eigenvalue weighted by Crippen LogP contribution is -2.48. The monoisotopic (exact) mass is 588 g/mol. The highest BCUT2D eigenvalue weighted by Gasteiger charge is 2.36. The highest BCUT2D eigenvalue weighted by molar-refractivity contribution is 7.86. The fourth-order valence-electron chi connectivity index (χ4n) is 7.24. The van der Waals surface area contributed by atoms with Crippen LogP contribution in [-0.2, 0) is 17.2 Å². The van der Waals surface area contributed by atoms with Crippen LogP contribution in [0.1, 0.15) is 59.6 Å². The molecule has 0 spiro atoms. The average molecular weight is 589 g/mol. The first-order valence-electron chi connectivity index (χ1n) is 14.4. The molecular formula is C33H38N3O5S+. The van der Waals surface area contributed by atoms with Crippen molar-refractivity contribution in [3.8, 4) is 11.3 Å². The molecule has 0 bridgehead atoms. The smallest absolute Gasteiger partial charge is 0.423 e. The zero-order valence-corrected chi connectivity index (χ0v) is 26.3. The Morgan fingerprint density at radius 3 is 2.10 bits per heavy atom. The van der Waals surface area contributed by atoms with Crippen molar-refractivity contribution in [1.29, 1.82) is 0 Å². The standard InChI is InChI=1S/C33H37N3O5S/c1-9-35-27-14-26-24(13-22(27)19(3)16-32(35,4)5)30-25(31(37)34(26)8)12-20-11-23-21(18-42(38,39)40)17-33(6,7)36(10-2)28(23)15-29(20)41-30/h11-17H,9-10,18H2,1-8H3/p+1. The predicted molar refractivity (Wildman–Crippen MR) is 170 cm³/mol. The van der Waals surface area contributed by atoms with E-state index in [2.05, 4.69) is 55.7 Å². The van der Waals surface area contributed by atoms with E-state index in [0.29, 0.717) is 40.0 Å². The molecule has 0 fully saturated rings. The number of allylic oxidation sites excluding steroid dienone is 1. The van der Waals surface area contributed by atoms with Crippen LogP contribution in [-0.4, -0.2) is 42.9 Å². The topological polar surface area (TPSA) is 94.9 Å². The van der Waals surface area contributed by atoms with Crippen LogP contribution >= 0.6 is 0 Å². The van der Waals surface area contributed by atoms with Crippen LogP contribution in [0.4, 0.5) is 11.4 Å². The fraction of sp³-hybridized carbons (Fsp3) is 0.394. The summed E-state index contributed by atoms with van der Waals surface area (Å²) in [5, 5.41) is 1.54. The molecule has 0 aromatic heterocycles. The van der Waals surface area contributed by atoms with Gasteiger partial charge in [0.2, 0.25) is 5.52 Å². The highest BCUT2D eigenvalue weighted by atomic mass is 32.2. The molecule has 4 aliphatic rings. The lowest BCUT2D eigenvalue weighted by molar-refractivity contribution is -0.658. The second kappa shape index (κ2) is 9.15. The van der Waals surface area contributed by atoms with Crippen molar-refractivity contribution in [2.75, 3.05) is 28.6 Å². The van der Waals surface area contributed by atoms with Crippen molar-refractivity contribution in [2.45, 2.75) is 59.5 Å². The van der Waals surface area contributed by atoms with E-state index in [1.807, 2.05) is 45.0 Å². The summed E-state index contributed by atoms with van der Waals surface area (Å²) in [6.45, 7) is 16.3. The molecule has 8 nitrogen and oxygen atoms in total. The number of aryl methyl sites for hydroxylation is 1. The fourth-order valence-corrected chi connectivity index (χ4v) is 7.87. The number of anilines is 2. The molecule has 0 radical (unpaired) electrons. The zero-order valence-electron chi connectivity index (χ0n) is 25.5. The maximum atomic E-state index is 13.8. The van der Waals surface area contributed by atoms with Gasteiger partial charge in [0.15, 0.2) is 5.76 Å². The minimum absolute atomic E-state index is 0.156. The van der Waals surface area contributed by atoms with E-state index in [-0.39, 0.29) is 11.1 Å². The lowest BCUT2D eigenvalue weighted by Gasteiger charge is -2.43. The Balaban J connectivity index is 1.68. The summed E-state index contributed by atoms with van der Waals surface area (Å²) in [6.07, 6.45) is 4.18. The van der Waals surface area contributed by atoms with Crippen LogP contribution in [0, 0.1) is 0 Å². The van der Waals surface area contributed by atoms with Gasteiger partial charge in [0.1, 0.15) is 23.9 Å². The van der Waals surface area contributed by atoms with Crippen molar-refractivity contribution in [1.82, 2.24) is 0 Å². The molecule has 9 heteroatoms. The van der Waals surface area contributed by atoms with Crippen LogP contribution in [0.15, 0.2) is 51.7 Å². The second-order valence-corrected chi connectivity index (χ2v) is 14.1. The summed E-state index contributed by atoms with van der Waals surface area (Å²) in [6, 6.07) is 9.88. The molecule has 4 aliphatic heterocycles. The molecule has 0 amide bonds. The van der Waals surface area contributed by atoms with Gasteiger partial charge in [0, 0.05) is 47.4 Å². The molecule has 4 heterocycles. The summed E-state index contributed by atoms with van der Waals surface area (Å²) in [4.78, 5) is 18.3. The van der Waals surface area contributed by atoms with Gasteiger partial charge < -0.3 is 14.2 Å². The number of fused-ring (bicyclic) bond motifs is 6. The van der Waals surface area contributed by atoms with Gasteiger partial charge in [-0.2, -0.15) is 13.0 Å². The minimum Gasteiger partial charge on any atom is -0.455 e. The van der Waals surface area contributed by atoms with Crippen LogP contribution in [0.5, 0.6) is 0 Å². The maximum absolute atomic E-state index is 13.8. The van der Waals surface area contributed by atoms with Crippen LogP contribution in [0.2, 0.25) is 0 Å². The van der Waals surface area contributed by atoms with Crippen molar-refractivity contribution in [3.63, 3.8) is 0 Å².